The fourth-order valence-corrected chi connectivity index (χ4v) is 4.95. The zero-order valence-corrected chi connectivity index (χ0v) is 18.8. The number of azide groups is 1. The van der Waals surface area contributed by atoms with Gasteiger partial charge in [-0.1, -0.05) is 12.0 Å². The van der Waals surface area contributed by atoms with Gasteiger partial charge in [-0.15, -0.1) is 0 Å². The van der Waals surface area contributed by atoms with E-state index in [1.165, 1.54) is 6.07 Å². The van der Waals surface area contributed by atoms with Crippen LogP contribution in [-0.2, 0) is 34.7 Å². The van der Waals surface area contributed by atoms with Gasteiger partial charge in [0.15, 0.2) is 5.60 Å². The van der Waals surface area contributed by atoms with Gasteiger partial charge in [0.25, 0.3) is 5.56 Å². The number of carbonyl (C=O) groups excluding carboxylic acids is 1. The first-order valence-corrected chi connectivity index (χ1v) is 11.1. The zero-order chi connectivity index (χ0) is 24.2. The Kier molecular flexibility index (Phi) is 5.15. The number of aliphatic hydroxyl groups is 1. The highest BCUT2D eigenvalue weighted by Gasteiger charge is 2.45. The molecule has 9 nitrogen and oxygen atoms in total. The summed E-state index contributed by atoms with van der Waals surface area (Å²) in [5.74, 6) is -1.17. The van der Waals surface area contributed by atoms with Gasteiger partial charge in [-0.3, -0.25) is 4.79 Å². The molecule has 0 spiro atoms. The molecule has 1 N–H and O–H groups in total. The molecular formula is C24H22FN5O4. The first-order chi connectivity index (χ1) is 16.3. The minimum atomic E-state index is -1.91. The molecule has 2 aliphatic heterocycles. The van der Waals surface area contributed by atoms with E-state index < -0.39 is 11.6 Å². The summed E-state index contributed by atoms with van der Waals surface area (Å²) in [6.45, 7) is 3.69. The molecule has 0 saturated heterocycles. The lowest BCUT2D eigenvalue weighted by molar-refractivity contribution is -0.172. The third-order valence-electron chi connectivity index (χ3n) is 6.83. The fraction of sp³-hybridized carbons (Fsp3) is 0.375. The topological polar surface area (TPSA) is 130 Å². The zero-order valence-electron chi connectivity index (χ0n) is 18.8. The number of nitrogens with zero attached hydrogens (tertiary/aromatic N) is 5. The third kappa shape index (κ3) is 3.10. The van der Waals surface area contributed by atoms with Crippen LogP contribution in [0.5, 0.6) is 0 Å². The molecule has 2 aromatic heterocycles. The number of aromatic nitrogens is 2. The van der Waals surface area contributed by atoms with E-state index in [9.17, 15) is 19.1 Å². The molecule has 0 saturated carbocycles. The molecule has 5 rings (SSSR count). The van der Waals surface area contributed by atoms with Gasteiger partial charge in [0.05, 0.1) is 29.0 Å². The molecule has 0 amide bonds. The van der Waals surface area contributed by atoms with Crippen LogP contribution in [0.3, 0.4) is 0 Å². The molecule has 0 fully saturated rings. The summed E-state index contributed by atoms with van der Waals surface area (Å²) in [6.07, 6.45) is 1.18. The van der Waals surface area contributed by atoms with Crippen LogP contribution in [-0.4, -0.2) is 27.2 Å². The van der Waals surface area contributed by atoms with Gasteiger partial charge in [0, 0.05) is 34.0 Å². The quantitative estimate of drug-likeness (QED) is 0.158. The largest absolute Gasteiger partial charge is 0.458 e. The highest BCUT2D eigenvalue weighted by Crippen LogP contribution is 2.40. The Balaban J connectivity index is 1.76. The van der Waals surface area contributed by atoms with Crippen molar-refractivity contribution in [2.24, 2.45) is 5.11 Å². The predicted octanol–water partition coefficient (Wildman–Crippen LogP) is 3.77. The fourth-order valence-electron chi connectivity index (χ4n) is 4.95. The molecule has 10 heteroatoms. The SMILES string of the molecule is CC[C@@]1(O)C(=O)OCc2c1cc1n(c2=O)Cc2c-1nc1cc(F)c(C)cc1c2CCCN=[N+]=[N-]. The maximum absolute atomic E-state index is 14.4. The Morgan fingerprint density at radius 1 is 1.32 bits per heavy atom. The van der Waals surface area contributed by atoms with Gasteiger partial charge in [0.1, 0.15) is 12.4 Å². The lowest BCUT2D eigenvalue weighted by Gasteiger charge is -2.31. The molecule has 174 valence electrons. The normalized spacial score (nSPS) is 18.2. The van der Waals surface area contributed by atoms with Crippen LogP contribution in [0.2, 0.25) is 0 Å². The van der Waals surface area contributed by atoms with Gasteiger partial charge < -0.3 is 14.4 Å². The van der Waals surface area contributed by atoms with E-state index in [0.717, 1.165) is 16.5 Å². The second-order valence-electron chi connectivity index (χ2n) is 8.70. The number of fused-ring (bicyclic) bond motifs is 5. The minimum Gasteiger partial charge on any atom is -0.458 e. The van der Waals surface area contributed by atoms with Crippen LogP contribution in [0, 0.1) is 12.7 Å². The first kappa shape index (κ1) is 22.1. The van der Waals surface area contributed by atoms with Crippen molar-refractivity contribution in [2.45, 2.75) is 51.9 Å². The second-order valence-corrected chi connectivity index (χ2v) is 8.70. The van der Waals surface area contributed by atoms with Gasteiger partial charge in [-0.05, 0) is 55.0 Å². The number of hydrogen-bond acceptors (Lipinski definition) is 6. The maximum atomic E-state index is 14.4. The molecule has 34 heavy (non-hydrogen) atoms. The average Bonchev–Trinajstić information content (AvgIpc) is 3.19. The number of esters is 1. The van der Waals surface area contributed by atoms with E-state index in [1.54, 1.807) is 30.5 Å². The molecule has 4 heterocycles. The van der Waals surface area contributed by atoms with Gasteiger partial charge in [-0.2, -0.15) is 0 Å². The van der Waals surface area contributed by atoms with Crippen molar-refractivity contribution in [3.8, 4) is 11.4 Å². The van der Waals surface area contributed by atoms with Crippen molar-refractivity contribution in [2.75, 3.05) is 6.54 Å². The first-order valence-electron chi connectivity index (χ1n) is 11.1. The number of carbonyl (C=O) groups is 1. The smallest absolute Gasteiger partial charge is 0.343 e. The predicted molar refractivity (Wildman–Crippen MR) is 122 cm³/mol. The van der Waals surface area contributed by atoms with Crippen LogP contribution in [0.1, 0.15) is 47.6 Å². The lowest BCUT2D eigenvalue weighted by atomic mass is 9.86. The Labute approximate surface area is 193 Å². The summed E-state index contributed by atoms with van der Waals surface area (Å²) in [5, 5.41) is 15.4. The standard InChI is InChI=1S/C24H22FN5O4/c1-3-24(33)17-8-20-21-15(10-30(20)22(31)16(17)11-34-23(24)32)13(5-4-6-27-29-26)14-7-12(2)18(25)9-19(14)28-21/h7-9,33H,3-6,10-11H2,1-2H3/t24-/m0/s1. The Hall–Kier alpha value is -3.75. The van der Waals surface area contributed by atoms with Crippen LogP contribution in [0.4, 0.5) is 4.39 Å². The summed E-state index contributed by atoms with van der Waals surface area (Å²) in [5.41, 5.74) is 10.5. The number of benzene rings is 1. The van der Waals surface area contributed by atoms with Gasteiger partial charge in [-0.25, -0.2) is 14.2 Å². The molecule has 3 aromatic rings. The average molecular weight is 463 g/mol. The molecule has 1 aromatic carbocycles. The number of halogens is 1. The van der Waals surface area contributed by atoms with Crippen molar-refractivity contribution >= 4 is 16.9 Å². The Bertz CT molecular complexity index is 1490. The van der Waals surface area contributed by atoms with Gasteiger partial charge in [0.2, 0.25) is 0 Å². The van der Waals surface area contributed by atoms with Crippen LogP contribution < -0.4 is 5.56 Å². The van der Waals surface area contributed by atoms with E-state index in [0.29, 0.717) is 41.9 Å². The molecule has 0 aliphatic carbocycles. The molecular weight excluding hydrogens is 441 g/mol. The van der Waals surface area contributed by atoms with Crippen LogP contribution >= 0.6 is 0 Å². The highest BCUT2D eigenvalue weighted by atomic mass is 19.1. The maximum Gasteiger partial charge on any atom is 0.343 e. The molecule has 0 radical (unpaired) electrons. The van der Waals surface area contributed by atoms with E-state index in [2.05, 4.69) is 10.0 Å². The molecule has 2 aliphatic rings. The number of hydrogen-bond donors (Lipinski definition) is 1. The highest BCUT2D eigenvalue weighted by molar-refractivity contribution is 5.89. The number of pyridine rings is 2. The molecule has 0 bridgehead atoms. The summed E-state index contributed by atoms with van der Waals surface area (Å²) >= 11 is 0. The Morgan fingerprint density at radius 3 is 2.85 bits per heavy atom. The number of ether oxygens (including phenoxy) is 1. The van der Waals surface area contributed by atoms with Gasteiger partial charge >= 0.3 is 5.97 Å². The van der Waals surface area contributed by atoms with E-state index >= 15 is 0 Å². The molecule has 1 atom stereocenters. The van der Waals surface area contributed by atoms with Crippen molar-refractivity contribution in [1.29, 1.82) is 0 Å². The minimum absolute atomic E-state index is 0.0505. The van der Waals surface area contributed by atoms with E-state index in [4.69, 9.17) is 15.3 Å². The number of cyclic esters (lactones) is 1. The van der Waals surface area contributed by atoms with Crippen molar-refractivity contribution < 1.29 is 19.0 Å². The van der Waals surface area contributed by atoms with Crippen molar-refractivity contribution in [1.82, 2.24) is 9.55 Å². The van der Waals surface area contributed by atoms with E-state index in [1.807, 2.05) is 0 Å². The Morgan fingerprint density at radius 2 is 2.12 bits per heavy atom. The van der Waals surface area contributed by atoms with Crippen molar-refractivity contribution in [3.63, 3.8) is 0 Å². The summed E-state index contributed by atoms with van der Waals surface area (Å²) in [6, 6.07) is 4.76. The molecule has 0 unspecified atom stereocenters. The van der Waals surface area contributed by atoms with E-state index in [-0.39, 0.29) is 42.1 Å². The van der Waals surface area contributed by atoms with Crippen LogP contribution in [0.25, 0.3) is 32.7 Å². The monoisotopic (exact) mass is 463 g/mol. The third-order valence-corrected chi connectivity index (χ3v) is 6.83. The lowest BCUT2D eigenvalue weighted by Crippen LogP contribution is -2.44. The number of rotatable bonds is 5. The second kappa shape index (κ2) is 7.93. The summed E-state index contributed by atoms with van der Waals surface area (Å²) in [4.78, 5) is 33.3. The van der Waals surface area contributed by atoms with Crippen LogP contribution in [0.15, 0.2) is 28.1 Å². The van der Waals surface area contributed by atoms with Crippen molar-refractivity contribution in [3.05, 3.63) is 72.6 Å². The summed E-state index contributed by atoms with van der Waals surface area (Å²) in [7, 11) is 0. The number of aryl methyl sites for hydroxylation is 2. The summed E-state index contributed by atoms with van der Waals surface area (Å²) < 4.78 is 21.1.